The van der Waals surface area contributed by atoms with E-state index in [0.717, 1.165) is 64.8 Å². The van der Waals surface area contributed by atoms with E-state index in [0.29, 0.717) is 46.5 Å². The summed E-state index contributed by atoms with van der Waals surface area (Å²) in [7, 11) is 0. The van der Waals surface area contributed by atoms with Crippen molar-refractivity contribution in [3.63, 3.8) is 0 Å². The Balaban J connectivity index is 1.11. The first-order chi connectivity index (χ1) is 22.2. The molecular formula is C35H38ClN7O3. The fourth-order valence-electron chi connectivity index (χ4n) is 6.66. The summed E-state index contributed by atoms with van der Waals surface area (Å²) in [6, 6.07) is 14.8. The molecule has 7 N–H and O–H groups in total. The lowest BCUT2D eigenvalue weighted by molar-refractivity contribution is -0.130. The van der Waals surface area contributed by atoms with E-state index in [-0.39, 0.29) is 23.4 Å². The van der Waals surface area contributed by atoms with Crippen LogP contribution in [0.3, 0.4) is 0 Å². The van der Waals surface area contributed by atoms with Crippen molar-refractivity contribution in [2.75, 3.05) is 11.9 Å². The predicted octanol–water partition coefficient (Wildman–Crippen LogP) is 5.67. The Morgan fingerprint density at radius 2 is 1.74 bits per heavy atom. The van der Waals surface area contributed by atoms with Crippen molar-refractivity contribution in [3.05, 3.63) is 81.0 Å². The van der Waals surface area contributed by atoms with Gasteiger partial charge in [0.1, 0.15) is 11.9 Å². The number of imidazole rings is 2. The van der Waals surface area contributed by atoms with Gasteiger partial charge in [-0.3, -0.25) is 9.59 Å². The van der Waals surface area contributed by atoms with Crippen LogP contribution in [-0.4, -0.2) is 44.3 Å². The van der Waals surface area contributed by atoms with E-state index in [1.165, 1.54) is 12.8 Å². The number of benzene rings is 3. The average molecular weight is 640 g/mol. The van der Waals surface area contributed by atoms with Crippen LogP contribution in [0, 0.1) is 18.8 Å². The maximum Gasteiger partial charge on any atom is 0.323 e. The number of fused-ring (bicyclic) bond motifs is 2. The predicted molar refractivity (Wildman–Crippen MR) is 181 cm³/mol. The number of aromatic amines is 3. The van der Waals surface area contributed by atoms with Gasteiger partial charge in [0, 0.05) is 23.9 Å². The molecule has 0 saturated heterocycles. The lowest BCUT2D eigenvalue weighted by atomic mass is 9.81. The minimum atomic E-state index is -0.826. The number of rotatable bonds is 9. The summed E-state index contributed by atoms with van der Waals surface area (Å²) in [5.41, 5.74) is 13.1. The zero-order chi connectivity index (χ0) is 31.9. The molecule has 10 nitrogen and oxygen atoms in total. The lowest BCUT2D eigenvalue weighted by Crippen LogP contribution is -2.48. The number of carbonyl (C=O) groups excluding carboxylic acids is 2. The number of hydrogen-bond acceptors (Lipinski definition) is 5. The number of aromatic nitrogens is 4. The average Bonchev–Trinajstić information content (AvgIpc) is 3.71. The molecule has 2 heterocycles. The number of nitrogens with zero attached hydrogens (tertiary/aromatic N) is 1. The van der Waals surface area contributed by atoms with Gasteiger partial charge in [-0.15, -0.1) is 0 Å². The van der Waals surface area contributed by atoms with E-state index in [2.05, 4.69) is 56.8 Å². The van der Waals surface area contributed by atoms with Gasteiger partial charge in [0.2, 0.25) is 11.8 Å². The molecule has 3 aromatic carbocycles. The molecule has 7 rings (SSSR count). The van der Waals surface area contributed by atoms with Crippen molar-refractivity contribution in [2.45, 2.75) is 63.8 Å². The Morgan fingerprint density at radius 3 is 2.46 bits per heavy atom. The maximum atomic E-state index is 13.7. The van der Waals surface area contributed by atoms with Crippen LogP contribution in [0.1, 0.15) is 61.4 Å². The number of amides is 2. The Morgan fingerprint density at radius 1 is 0.978 bits per heavy atom. The van der Waals surface area contributed by atoms with Gasteiger partial charge in [-0.2, -0.15) is 0 Å². The fraction of sp³-hybridized carbons (Fsp3) is 0.371. The number of nitrogens with two attached hydrogens (primary N) is 1. The summed E-state index contributed by atoms with van der Waals surface area (Å²) in [5.74, 6) is 1.43. The molecule has 0 radical (unpaired) electrons. The smallest absolute Gasteiger partial charge is 0.323 e. The molecule has 2 aliphatic rings. The summed E-state index contributed by atoms with van der Waals surface area (Å²) in [4.78, 5) is 52.6. The second-order valence-corrected chi connectivity index (χ2v) is 13.4. The van der Waals surface area contributed by atoms with Gasteiger partial charge in [0.05, 0.1) is 27.1 Å². The van der Waals surface area contributed by atoms with Crippen molar-refractivity contribution in [1.29, 1.82) is 0 Å². The SMILES string of the molecule is Cc1cc2[nH]c(C3CC3)nc2cc1-c1ccc(C[C@H](NC(=O)[C@H]2CC[C@H](CN)CC2)C(=O)Nc2cc(Cl)c3[nH]c(=O)[nH]c3c2)cc1. The highest BCUT2D eigenvalue weighted by molar-refractivity contribution is 6.35. The summed E-state index contributed by atoms with van der Waals surface area (Å²) >= 11 is 6.38. The number of carbonyl (C=O) groups is 2. The van der Waals surface area contributed by atoms with Crippen LogP contribution in [0.2, 0.25) is 5.02 Å². The van der Waals surface area contributed by atoms with Gasteiger partial charge >= 0.3 is 5.69 Å². The quantitative estimate of drug-likeness (QED) is 0.122. The topological polar surface area (TPSA) is 162 Å². The third kappa shape index (κ3) is 6.32. The fourth-order valence-corrected chi connectivity index (χ4v) is 6.93. The first kappa shape index (κ1) is 30.3. The number of anilines is 1. The Labute approximate surface area is 270 Å². The molecule has 2 fully saturated rings. The van der Waals surface area contributed by atoms with Crippen molar-refractivity contribution in [3.8, 4) is 11.1 Å². The molecule has 0 bridgehead atoms. The van der Waals surface area contributed by atoms with Crippen LogP contribution in [0.5, 0.6) is 0 Å². The molecule has 0 unspecified atom stereocenters. The van der Waals surface area contributed by atoms with Gasteiger partial charge in [-0.1, -0.05) is 35.9 Å². The van der Waals surface area contributed by atoms with Crippen LogP contribution in [0.15, 0.2) is 53.3 Å². The van der Waals surface area contributed by atoms with E-state index in [9.17, 15) is 14.4 Å². The number of H-pyrrole nitrogens is 3. The zero-order valence-corrected chi connectivity index (χ0v) is 26.5. The molecule has 5 aromatic rings. The minimum Gasteiger partial charge on any atom is -0.344 e. The highest BCUT2D eigenvalue weighted by Gasteiger charge is 2.30. The second kappa shape index (κ2) is 12.4. The van der Waals surface area contributed by atoms with Crippen molar-refractivity contribution in [2.24, 2.45) is 17.6 Å². The number of nitrogens with one attached hydrogen (secondary N) is 5. The Kier molecular flexibility index (Phi) is 8.16. The van der Waals surface area contributed by atoms with E-state index >= 15 is 0 Å². The molecular weight excluding hydrogens is 602 g/mol. The number of hydrogen-bond donors (Lipinski definition) is 6. The van der Waals surface area contributed by atoms with Gasteiger partial charge in [-0.25, -0.2) is 9.78 Å². The number of aryl methyl sites for hydroxylation is 1. The lowest BCUT2D eigenvalue weighted by Gasteiger charge is -2.28. The molecule has 2 aliphatic carbocycles. The van der Waals surface area contributed by atoms with Crippen LogP contribution >= 0.6 is 11.6 Å². The van der Waals surface area contributed by atoms with Crippen molar-refractivity contribution >= 4 is 51.2 Å². The van der Waals surface area contributed by atoms with Crippen molar-refractivity contribution < 1.29 is 9.59 Å². The van der Waals surface area contributed by atoms with Crippen LogP contribution in [0.4, 0.5) is 5.69 Å². The molecule has 2 aromatic heterocycles. The van der Waals surface area contributed by atoms with Crippen LogP contribution in [-0.2, 0) is 16.0 Å². The van der Waals surface area contributed by atoms with Gasteiger partial charge in [-0.05, 0) is 104 Å². The molecule has 2 amide bonds. The van der Waals surface area contributed by atoms with Gasteiger partial charge < -0.3 is 31.3 Å². The normalized spacial score (nSPS) is 18.9. The van der Waals surface area contributed by atoms with Crippen LogP contribution < -0.4 is 22.1 Å². The maximum absolute atomic E-state index is 13.7. The van der Waals surface area contributed by atoms with Gasteiger partial charge in [0.15, 0.2) is 0 Å². The molecule has 46 heavy (non-hydrogen) atoms. The van der Waals surface area contributed by atoms with E-state index in [4.69, 9.17) is 22.3 Å². The molecule has 11 heteroatoms. The van der Waals surface area contributed by atoms with E-state index in [1.54, 1.807) is 12.1 Å². The summed E-state index contributed by atoms with van der Waals surface area (Å²) in [6.07, 6.45) is 6.02. The molecule has 2 saturated carbocycles. The summed E-state index contributed by atoms with van der Waals surface area (Å²) < 4.78 is 0. The van der Waals surface area contributed by atoms with E-state index < -0.39 is 6.04 Å². The van der Waals surface area contributed by atoms with Crippen LogP contribution in [0.25, 0.3) is 33.2 Å². The first-order valence-electron chi connectivity index (χ1n) is 16.1. The summed E-state index contributed by atoms with van der Waals surface area (Å²) in [5, 5.41) is 6.25. The highest BCUT2D eigenvalue weighted by atomic mass is 35.5. The Bertz CT molecular complexity index is 1980. The first-order valence-corrected chi connectivity index (χ1v) is 16.4. The second-order valence-electron chi connectivity index (χ2n) is 12.9. The third-order valence-corrected chi connectivity index (χ3v) is 9.84. The summed E-state index contributed by atoms with van der Waals surface area (Å²) in [6.45, 7) is 2.73. The van der Waals surface area contributed by atoms with Gasteiger partial charge in [0.25, 0.3) is 0 Å². The molecule has 0 spiro atoms. The highest BCUT2D eigenvalue weighted by Crippen LogP contribution is 2.39. The van der Waals surface area contributed by atoms with E-state index in [1.807, 2.05) is 12.1 Å². The Hall–Kier alpha value is -4.41. The minimum absolute atomic E-state index is 0.121. The standard InChI is InChI=1S/C35H38ClN7O3/c1-18-12-27-28(40-32(39-27)22-10-11-22)16-25(18)21-6-2-19(3-7-21)13-30(41-33(44)23-8-4-20(17-37)5-9-23)34(45)38-24-14-26(36)31-29(15-24)42-35(46)43-31/h2-3,6-7,12,14-16,20,22-23,30H,4-5,8-11,13,17,37H2,1H3,(H,38,45)(H,39,40)(H,41,44)(H2,42,43,46)/t20-,23-,30-/m0/s1. The molecule has 238 valence electrons. The molecule has 1 atom stereocenters. The zero-order valence-electron chi connectivity index (χ0n) is 25.7. The largest absolute Gasteiger partial charge is 0.344 e. The van der Waals surface area contributed by atoms with Crippen molar-refractivity contribution in [1.82, 2.24) is 25.3 Å². The molecule has 0 aliphatic heterocycles. The monoisotopic (exact) mass is 639 g/mol. The third-order valence-electron chi connectivity index (χ3n) is 9.54. The number of halogens is 1.